The van der Waals surface area contributed by atoms with E-state index in [1.807, 2.05) is 6.07 Å². The number of Topliss-reactive ketones (excluding diaryl/α,β-unsaturated/α-hetero) is 1. The summed E-state index contributed by atoms with van der Waals surface area (Å²) in [4.78, 5) is 13.5. The van der Waals surface area contributed by atoms with Gasteiger partial charge in [-0.25, -0.2) is 0 Å². The van der Waals surface area contributed by atoms with E-state index >= 15 is 0 Å². The first kappa shape index (κ1) is 12.2. The molecule has 0 atom stereocenters. The average Bonchev–Trinajstić information content (AvgIpc) is 2.81. The van der Waals surface area contributed by atoms with Crippen LogP contribution in [-0.2, 0) is 0 Å². The minimum Gasteiger partial charge on any atom is -0.437 e. The lowest BCUT2D eigenvalue weighted by atomic mass is 9.94. The molecule has 0 aliphatic heterocycles. The molecular weight excluding hydrogens is 214 g/mol. The number of hydrogen-bond donors (Lipinski definition) is 0. The third-order valence-corrected chi connectivity index (χ3v) is 3.58. The number of rotatable bonds is 4. The molecule has 0 saturated heterocycles. The molecule has 2 rings (SSSR count). The van der Waals surface area contributed by atoms with E-state index in [0.717, 1.165) is 12.4 Å². The van der Waals surface area contributed by atoms with E-state index < -0.39 is 0 Å². The number of furan rings is 1. The molecule has 0 bridgehead atoms. The predicted molar refractivity (Wildman–Crippen MR) is 68.6 cm³/mol. The Labute approximate surface area is 103 Å². The Hall–Kier alpha value is -1.25. The summed E-state index contributed by atoms with van der Waals surface area (Å²) in [6.07, 6.45) is 6.45. The van der Waals surface area contributed by atoms with E-state index in [9.17, 15) is 4.79 Å². The molecule has 1 aromatic rings. The van der Waals surface area contributed by atoms with Gasteiger partial charge < -0.3 is 9.32 Å². The molecular formula is C14H21NO2. The van der Waals surface area contributed by atoms with Crippen molar-refractivity contribution in [3.63, 3.8) is 0 Å². The molecule has 0 aromatic carbocycles. The van der Waals surface area contributed by atoms with Gasteiger partial charge in [0.25, 0.3) is 0 Å². The summed E-state index contributed by atoms with van der Waals surface area (Å²) in [6, 6.07) is 4.29. The summed E-state index contributed by atoms with van der Waals surface area (Å²) < 4.78 is 5.63. The second-order valence-electron chi connectivity index (χ2n) is 4.77. The summed E-state index contributed by atoms with van der Waals surface area (Å²) in [5.74, 6) is 1.31. The number of hydrogen-bond acceptors (Lipinski definition) is 3. The standard InChI is InChI=1S/C14H21NO2/c1-3-15(12-7-5-4-6-8-12)14-10-9-13(17-14)11(2)16/h9-10,12H,3-8H2,1-2H3. The molecule has 1 aliphatic rings. The molecule has 1 heterocycles. The van der Waals surface area contributed by atoms with Crippen LogP contribution in [0.5, 0.6) is 0 Å². The topological polar surface area (TPSA) is 33.5 Å². The van der Waals surface area contributed by atoms with Crippen molar-refractivity contribution in [1.29, 1.82) is 0 Å². The number of carbonyl (C=O) groups is 1. The van der Waals surface area contributed by atoms with Gasteiger partial charge in [0.05, 0.1) is 0 Å². The fourth-order valence-corrected chi connectivity index (χ4v) is 2.66. The lowest BCUT2D eigenvalue weighted by Gasteiger charge is -2.33. The smallest absolute Gasteiger partial charge is 0.196 e. The third kappa shape index (κ3) is 2.71. The molecule has 1 saturated carbocycles. The Morgan fingerprint density at radius 2 is 2.06 bits per heavy atom. The van der Waals surface area contributed by atoms with Crippen LogP contribution in [-0.4, -0.2) is 18.4 Å². The van der Waals surface area contributed by atoms with Crippen molar-refractivity contribution in [3.8, 4) is 0 Å². The molecule has 17 heavy (non-hydrogen) atoms. The van der Waals surface area contributed by atoms with Gasteiger partial charge in [0.2, 0.25) is 0 Å². The van der Waals surface area contributed by atoms with E-state index in [0.29, 0.717) is 11.8 Å². The Kier molecular flexibility index (Phi) is 3.87. The van der Waals surface area contributed by atoms with Crippen LogP contribution >= 0.6 is 0 Å². The predicted octanol–water partition coefficient (Wildman–Crippen LogP) is 3.64. The zero-order valence-corrected chi connectivity index (χ0v) is 10.7. The van der Waals surface area contributed by atoms with Gasteiger partial charge in [-0.1, -0.05) is 19.3 Å². The lowest BCUT2D eigenvalue weighted by Crippen LogP contribution is -2.36. The summed E-state index contributed by atoms with van der Waals surface area (Å²) in [5.41, 5.74) is 0. The molecule has 94 valence electrons. The van der Waals surface area contributed by atoms with Gasteiger partial charge in [0, 0.05) is 25.6 Å². The van der Waals surface area contributed by atoms with E-state index in [4.69, 9.17) is 4.42 Å². The fourth-order valence-electron chi connectivity index (χ4n) is 2.66. The molecule has 3 heteroatoms. The van der Waals surface area contributed by atoms with Gasteiger partial charge >= 0.3 is 0 Å². The first-order valence-corrected chi connectivity index (χ1v) is 6.59. The molecule has 0 amide bonds. The maximum Gasteiger partial charge on any atom is 0.196 e. The van der Waals surface area contributed by atoms with Crippen LogP contribution in [0.15, 0.2) is 16.5 Å². The summed E-state index contributed by atoms with van der Waals surface area (Å²) in [6.45, 7) is 4.62. The number of carbonyl (C=O) groups excluding carboxylic acids is 1. The normalized spacial score (nSPS) is 17.1. The Balaban J connectivity index is 2.12. The monoisotopic (exact) mass is 235 g/mol. The molecule has 0 radical (unpaired) electrons. The summed E-state index contributed by atoms with van der Waals surface area (Å²) in [7, 11) is 0. The number of anilines is 1. The minimum absolute atomic E-state index is 0.00375. The highest BCUT2D eigenvalue weighted by molar-refractivity contribution is 5.91. The second-order valence-corrected chi connectivity index (χ2v) is 4.77. The molecule has 1 fully saturated rings. The van der Waals surface area contributed by atoms with E-state index in [-0.39, 0.29) is 5.78 Å². The van der Waals surface area contributed by atoms with Crippen LogP contribution in [0.1, 0.15) is 56.5 Å². The number of nitrogens with zero attached hydrogens (tertiary/aromatic N) is 1. The quantitative estimate of drug-likeness (QED) is 0.747. The Morgan fingerprint density at radius 1 is 1.35 bits per heavy atom. The fraction of sp³-hybridized carbons (Fsp3) is 0.643. The van der Waals surface area contributed by atoms with Gasteiger partial charge in [-0.3, -0.25) is 4.79 Å². The van der Waals surface area contributed by atoms with E-state index in [1.165, 1.54) is 32.1 Å². The SMILES string of the molecule is CCN(c1ccc(C(C)=O)o1)C1CCCCC1. The summed E-state index contributed by atoms with van der Waals surface area (Å²) in [5, 5.41) is 0. The third-order valence-electron chi connectivity index (χ3n) is 3.58. The van der Waals surface area contributed by atoms with Crippen LogP contribution in [0.2, 0.25) is 0 Å². The van der Waals surface area contributed by atoms with Crippen molar-refractivity contribution in [1.82, 2.24) is 0 Å². The highest BCUT2D eigenvalue weighted by Crippen LogP contribution is 2.28. The second kappa shape index (κ2) is 5.39. The van der Waals surface area contributed by atoms with Crippen LogP contribution < -0.4 is 4.90 Å². The van der Waals surface area contributed by atoms with Crippen LogP contribution in [0.25, 0.3) is 0 Å². The van der Waals surface area contributed by atoms with Gasteiger partial charge in [0.15, 0.2) is 17.4 Å². The summed E-state index contributed by atoms with van der Waals surface area (Å²) >= 11 is 0. The Bertz CT molecular complexity index is 377. The van der Waals surface area contributed by atoms with Crippen LogP contribution in [0.4, 0.5) is 5.88 Å². The zero-order chi connectivity index (χ0) is 12.3. The average molecular weight is 235 g/mol. The van der Waals surface area contributed by atoms with Crippen molar-refractivity contribution in [2.24, 2.45) is 0 Å². The largest absolute Gasteiger partial charge is 0.437 e. The minimum atomic E-state index is -0.00375. The molecule has 3 nitrogen and oxygen atoms in total. The van der Waals surface area contributed by atoms with Crippen LogP contribution in [0, 0.1) is 0 Å². The van der Waals surface area contributed by atoms with Gasteiger partial charge in [0.1, 0.15) is 0 Å². The molecule has 1 aromatic heterocycles. The highest BCUT2D eigenvalue weighted by Gasteiger charge is 2.22. The van der Waals surface area contributed by atoms with E-state index in [2.05, 4.69) is 11.8 Å². The maximum atomic E-state index is 11.2. The first-order valence-electron chi connectivity index (χ1n) is 6.59. The Morgan fingerprint density at radius 3 is 2.59 bits per heavy atom. The molecule has 0 spiro atoms. The van der Waals surface area contributed by atoms with Crippen molar-refractivity contribution < 1.29 is 9.21 Å². The highest BCUT2D eigenvalue weighted by atomic mass is 16.4. The van der Waals surface area contributed by atoms with Crippen molar-refractivity contribution >= 4 is 11.7 Å². The van der Waals surface area contributed by atoms with Gasteiger partial charge in [-0.15, -0.1) is 0 Å². The van der Waals surface area contributed by atoms with E-state index in [1.54, 1.807) is 13.0 Å². The van der Waals surface area contributed by atoms with Crippen LogP contribution in [0.3, 0.4) is 0 Å². The first-order chi connectivity index (χ1) is 8.22. The van der Waals surface area contributed by atoms with Gasteiger partial charge in [-0.05, 0) is 25.8 Å². The molecule has 0 unspecified atom stereocenters. The van der Waals surface area contributed by atoms with Crippen molar-refractivity contribution in [2.75, 3.05) is 11.4 Å². The zero-order valence-electron chi connectivity index (χ0n) is 10.7. The number of ketones is 1. The molecule has 0 N–H and O–H groups in total. The maximum absolute atomic E-state index is 11.2. The van der Waals surface area contributed by atoms with Crippen molar-refractivity contribution in [3.05, 3.63) is 17.9 Å². The van der Waals surface area contributed by atoms with Crippen molar-refractivity contribution in [2.45, 2.75) is 52.0 Å². The molecule has 1 aliphatic carbocycles. The lowest BCUT2D eigenvalue weighted by molar-refractivity contribution is 0.0987. The van der Waals surface area contributed by atoms with Gasteiger partial charge in [-0.2, -0.15) is 0 Å².